The minimum Gasteiger partial charge on any atom is -0.319 e. The van der Waals surface area contributed by atoms with Crippen molar-refractivity contribution >= 4 is 11.3 Å². The molecule has 1 atom stereocenters. The van der Waals surface area contributed by atoms with Gasteiger partial charge in [-0.05, 0) is 56.1 Å². The molecule has 1 aromatic carbocycles. The molecule has 0 saturated carbocycles. The van der Waals surface area contributed by atoms with Crippen LogP contribution in [0.4, 0.5) is 0 Å². The number of hydrogen-bond acceptors (Lipinski definition) is 3. The second-order valence-electron chi connectivity index (χ2n) is 6.20. The van der Waals surface area contributed by atoms with Gasteiger partial charge in [-0.2, -0.15) is 0 Å². The molecule has 0 spiro atoms. The summed E-state index contributed by atoms with van der Waals surface area (Å²) >= 11 is 1.88. The van der Waals surface area contributed by atoms with E-state index >= 15 is 0 Å². The maximum absolute atomic E-state index is 6.76. The molecule has 104 valence electrons. The van der Waals surface area contributed by atoms with E-state index in [2.05, 4.69) is 24.3 Å². The van der Waals surface area contributed by atoms with E-state index in [1.807, 2.05) is 11.3 Å². The molecule has 3 heteroatoms. The quantitative estimate of drug-likeness (QED) is 0.872. The second kappa shape index (κ2) is 4.68. The van der Waals surface area contributed by atoms with Crippen LogP contribution in [0.15, 0.2) is 24.3 Å². The molecule has 2 N–H and O–H groups in total. The van der Waals surface area contributed by atoms with Crippen molar-refractivity contribution in [3.63, 3.8) is 0 Å². The predicted octanol–water partition coefficient (Wildman–Crippen LogP) is 3.36. The maximum atomic E-state index is 6.76. The van der Waals surface area contributed by atoms with Crippen LogP contribution in [0.2, 0.25) is 0 Å². The van der Waals surface area contributed by atoms with E-state index in [4.69, 9.17) is 10.7 Å². The zero-order chi connectivity index (χ0) is 13.6. The summed E-state index contributed by atoms with van der Waals surface area (Å²) in [7, 11) is 0. The molecule has 1 heterocycles. The Morgan fingerprint density at radius 1 is 1.05 bits per heavy atom. The number of thiazole rings is 1. The number of nitrogens with two attached hydrogens (primary N) is 1. The van der Waals surface area contributed by atoms with Crippen LogP contribution in [0.1, 0.15) is 46.0 Å². The number of fused-ring (bicyclic) bond motifs is 2. The van der Waals surface area contributed by atoms with Crippen molar-refractivity contribution in [1.29, 1.82) is 0 Å². The normalized spacial score (nSPS) is 25.1. The number of aromatic nitrogens is 1. The second-order valence-corrected chi connectivity index (χ2v) is 7.28. The molecule has 1 unspecified atom stereocenters. The lowest BCUT2D eigenvalue weighted by Crippen LogP contribution is -2.42. The van der Waals surface area contributed by atoms with Crippen molar-refractivity contribution in [2.75, 3.05) is 0 Å². The number of nitrogens with zero attached hydrogens (tertiary/aromatic N) is 1. The van der Waals surface area contributed by atoms with Crippen LogP contribution >= 0.6 is 11.3 Å². The van der Waals surface area contributed by atoms with E-state index in [-0.39, 0.29) is 5.54 Å². The number of hydrogen-bond donors (Lipinski definition) is 1. The third kappa shape index (κ3) is 2.00. The highest BCUT2D eigenvalue weighted by molar-refractivity contribution is 7.11. The number of rotatable bonds is 1. The van der Waals surface area contributed by atoms with Gasteiger partial charge in [0.05, 0.1) is 11.2 Å². The Hall–Kier alpha value is -1.19. The lowest BCUT2D eigenvalue weighted by atomic mass is 9.79. The Morgan fingerprint density at radius 3 is 2.70 bits per heavy atom. The van der Waals surface area contributed by atoms with Gasteiger partial charge in [0.15, 0.2) is 0 Å². The molecule has 2 aliphatic carbocycles. The Bertz CT molecular complexity index is 623. The molecule has 0 radical (unpaired) electrons. The van der Waals surface area contributed by atoms with Gasteiger partial charge in [0.25, 0.3) is 0 Å². The average molecular weight is 284 g/mol. The van der Waals surface area contributed by atoms with Gasteiger partial charge in [-0.25, -0.2) is 4.98 Å². The minimum absolute atomic E-state index is 0.240. The average Bonchev–Trinajstić information content (AvgIpc) is 2.92. The van der Waals surface area contributed by atoms with Crippen LogP contribution < -0.4 is 5.73 Å². The van der Waals surface area contributed by atoms with Gasteiger partial charge in [-0.3, -0.25) is 0 Å². The van der Waals surface area contributed by atoms with Crippen molar-refractivity contribution in [3.8, 4) is 0 Å². The molecule has 1 aromatic heterocycles. The van der Waals surface area contributed by atoms with Crippen LogP contribution in [-0.4, -0.2) is 4.98 Å². The summed E-state index contributed by atoms with van der Waals surface area (Å²) in [6, 6.07) is 8.72. The summed E-state index contributed by atoms with van der Waals surface area (Å²) in [5, 5.41) is 1.18. The van der Waals surface area contributed by atoms with Crippen molar-refractivity contribution in [2.45, 2.75) is 50.5 Å². The summed E-state index contributed by atoms with van der Waals surface area (Å²) < 4.78 is 0. The molecule has 4 rings (SSSR count). The van der Waals surface area contributed by atoms with Gasteiger partial charge in [0.2, 0.25) is 0 Å². The fraction of sp³-hybridized carbons (Fsp3) is 0.471. The van der Waals surface area contributed by atoms with Crippen molar-refractivity contribution in [1.82, 2.24) is 4.98 Å². The fourth-order valence-electron chi connectivity index (χ4n) is 3.51. The van der Waals surface area contributed by atoms with Crippen LogP contribution in [0.3, 0.4) is 0 Å². The third-order valence-corrected chi connectivity index (χ3v) is 6.11. The van der Waals surface area contributed by atoms with Gasteiger partial charge in [0.1, 0.15) is 5.01 Å². The first kappa shape index (κ1) is 12.5. The smallest absolute Gasteiger partial charge is 0.113 e. The van der Waals surface area contributed by atoms with E-state index in [1.165, 1.54) is 46.0 Å². The Morgan fingerprint density at radius 2 is 1.85 bits per heavy atom. The Labute approximate surface area is 124 Å². The highest BCUT2D eigenvalue weighted by atomic mass is 32.1. The molecule has 2 nitrogen and oxygen atoms in total. The summed E-state index contributed by atoms with van der Waals surface area (Å²) in [6.45, 7) is 0. The summed E-state index contributed by atoms with van der Waals surface area (Å²) in [5.74, 6) is 0. The topological polar surface area (TPSA) is 38.9 Å². The molecule has 20 heavy (non-hydrogen) atoms. The van der Waals surface area contributed by atoms with Crippen molar-refractivity contribution < 1.29 is 0 Å². The molecule has 0 saturated heterocycles. The first-order chi connectivity index (χ1) is 9.74. The van der Waals surface area contributed by atoms with E-state index < -0.39 is 0 Å². The molecule has 0 amide bonds. The van der Waals surface area contributed by atoms with Gasteiger partial charge in [0, 0.05) is 4.88 Å². The standard InChI is InChI=1S/C17H20N2S/c18-17(10-9-12-5-1-2-6-13(12)11-17)16-19-14-7-3-4-8-15(14)20-16/h1-2,5-6H,3-4,7-11,18H2. The van der Waals surface area contributed by atoms with Gasteiger partial charge in [-0.1, -0.05) is 24.3 Å². The first-order valence-corrected chi connectivity index (χ1v) is 8.41. The van der Waals surface area contributed by atoms with E-state index in [0.29, 0.717) is 0 Å². The van der Waals surface area contributed by atoms with Gasteiger partial charge in [-0.15, -0.1) is 11.3 Å². The highest BCUT2D eigenvalue weighted by Crippen LogP contribution is 2.38. The predicted molar refractivity (Wildman–Crippen MR) is 83.1 cm³/mol. The zero-order valence-corrected chi connectivity index (χ0v) is 12.5. The minimum atomic E-state index is -0.240. The maximum Gasteiger partial charge on any atom is 0.113 e. The monoisotopic (exact) mass is 284 g/mol. The largest absolute Gasteiger partial charge is 0.319 e. The third-order valence-electron chi connectivity index (χ3n) is 4.74. The molecule has 0 bridgehead atoms. The molecule has 2 aromatic rings. The van der Waals surface area contributed by atoms with Crippen LogP contribution in [0.25, 0.3) is 0 Å². The van der Waals surface area contributed by atoms with Crippen LogP contribution in [-0.2, 0) is 31.2 Å². The van der Waals surface area contributed by atoms with E-state index in [9.17, 15) is 0 Å². The zero-order valence-electron chi connectivity index (χ0n) is 11.7. The lowest BCUT2D eigenvalue weighted by molar-refractivity contribution is 0.382. The van der Waals surface area contributed by atoms with Crippen molar-refractivity contribution in [2.24, 2.45) is 5.73 Å². The summed E-state index contributed by atoms with van der Waals surface area (Å²) in [6.07, 6.45) is 8.01. The van der Waals surface area contributed by atoms with E-state index in [1.54, 1.807) is 0 Å². The van der Waals surface area contributed by atoms with Crippen LogP contribution in [0.5, 0.6) is 0 Å². The summed E-state index contributed by atoms with van der Waals surface area (Å²) in [4.78, 5) is 6.41. The Balaban J connectivity index is 1.70. The Kier molecular flexibility index (Phi) is 2.93. The molecule has 0 aliphatic heterocycles. The molecular weight excluding hydrogens is 264 g/mol. The summed E-state index contributed by atoms with van der Waals surface area (Å²) in [5.41, 5.74) is 10.7. The number of aryl methyl sites for hydroxylation is 3. The first-order valence-electron chi connectivity index (χ1n) is 7.59. The highest BCUT2D eigenvalue weighted by Gasteiger charge is 2.35. The fourth-order valence-corrected chi connectivity index (χ4v) is 4.79. The molecular formula is C17H20N2S. The number of benzene rings is 1. The van der Waals surface area contributed by atoms with Crippen molar-refractivity contribution in [3.05, 3.63) is 51.0 Å². The molecule has 2 aliphatic rings. The van der Waals surface area contributed by atoms with E-state index in [0.717, 1.165) is 25.7 Å². The van der Waals surface area contributed by atoms with Gasteiger partial charge < -0.3 is 5.73 Å². The van der Waals surface area contributed by atoms with Crippen LogP contribution in [0, 0.1) is 0 Å². The molecule has 0 fully saturated rings. The van der Waals surface area contributed by atoms with Gasteiger partial charge >= 0.3 is 0 Å². The SMILES string of the molecule is NC1(c2nc3c(s2)CCCC3)CCc2ccccc2C1. The lowest BCUT2D eigenvalue weighted by Gasteiger charge is -2.33.